The lowest BCUT2D eigenvalue weighted by Gasteiger charge is -2.26. The zero-order chi connectivity index (χ0) is 10.8. The van der Waals surface area contributed by atoms with Crippen molar-refractivity contribution in [1.29, 1.82) is 0 Å². The molecule has 1 aromatic rings. The summed E-state index contributed by atoms with van der Waals surface area (Å²) in [4.78, 5) is 0. The third-order valence-electron chi connectivity index (χ3n) is 2.75. The number of rotatable bonds is 2. The van der Waals surface area contributed by atoms with Gasteiger partial charge >= 0.3 is 0 Å². The Morgan fingerprint density at radius 1 is 1.53 bits per heavy atom. The highest BCUT2D eigenvalue weighted by Crippen LogP contribution is 2.35. The molecule has 1 aliphatic rings. The Balaban J connectivity index is 2.13. The Bertz CT molecular complexity index is 329. The van der Waals surface area contributed by atoms with E-state index < -0.39 is 0 Å². The smallest absolute Gasteiger partial charge is 0.135 e. The fraction of sp³-hybridized carbons (Fsp3) is 0.800. The Morgan fingerprint density at radius 2 is 2.33 bits per heavy atom. The number of ether oxygens (including phenoxy) is 1. The molecular formula is C10H15ClN2OS. The molecule has 0 amide bonds. The van der Waals surface area contributed by atoms with Crippen molar-refractivity contribution in [2.24, 2.45) is 5.92 Å². The Kier molecular flexibility index (Phi) is 3.59. The zero-order valence-electron chi connectivity index (χ0n) is 8.94. The minimum atomic E-state index is -0.0357. The largest absolute Gasteiger partial charge is 0.381 e. The van der Waals surface area contributed by atoms with Crippen LogP contribution in [0, 0.1) is 5.92 Å². The molecule has 84 valence electrons. The highest BCUT2D eigenvalue weighted by Gasteiger charge is 2.27. The minimum Gasteiger partial charge on any atom is -0.381 e. The molecule has 3 nitrogen and oxygen atoms in total. The number of hydrogen-bond acceptors (Lipinski definition) is 4. The molecule has 0 aliphatic carbocycles. The number of alkyl halides is 1. The number of nitrogens with zero attached hydrogens (tertiary/aromatic N) is 2. The molecule has 1 fully saturated rings. The van der Waals surface area contributed by atoms with E-state index in [0.29, 0.717) is 11.8 Å². The van der Waals surface area contributed by atoms with E-state index in [9.17, 15) is 0 Å². The van der Waals surface area contributed by atoms with Crippen LogP contribution in [0.15, 0.2) is 0 Å². The lowest BCUT2D eigenvalue weighted by Crippen LogP contribution is -2.23. The molecule has 3 atom stereocenters. The van der Waals surface area contributed by atoms with E-state index in [0.717, 1.165) is 29.6 Å². The van der Waals surface area contributed by atoms with Crippen molar-refractivity contribution >= 4 is 22.9 Å². The van der Waals surface area contributed by atoms with E-state index in [4.69, 9.17) is 16.3 Å². The maximum atomic E-state index is 5.98. The summed E-state index contributed by atoms with van der Waals surface area (Å²) < 4.78 is 5.42. The van der Waals surface area contributed by atoms with Gasteiger partial charge in [0.2, 0.25) is 0 Å². The van der Waals surface area contributed by atoms with Crippen molar-refractivity contribution in [3.63, 3.8) is 0 Å². The van der Waals surface area contributed by atoms with E-state index >= 15 is 0 Å². The highest BCUT2D eigenvalue weighted by atomic mass is 35.5. The van der Waals surface area contributed by atoms with E-state index in [2.05, 4.69) is 17.1 Å². The summed E-state index contributed by atoms with van der Waals surface area (Å²) >= 11 is 7.62. The lowest BCUT2D eigenvalue weighted by atomic mass is 9.91. The summed E-state index contributed by atoms with van der Waals surface area (Å²) in [5.41, 5.74) is 0. The first-order valence-corrected chi connectivity index (χ1v) is 6.49. The summed E-state index contributed by atoms with van der Waals surface area (Å²) in [5.74, 6) is 1.03. The van der Waals surface area contributed by atoms with Crippen LogP contribution in [0.2, 0.25) is 0 Å². The van der Waals surface area contributed by atoms with Gasteiger partial charge in [-0.05, 0) is 19.3 Å². The van der Waals surface area contributed by atoms with Gasteiger partial charge in [0, 0.05) is 19.1 Å². The predicted octanol–water partition coefficient (Wildman–Crippen LogP) is 2.98. The molecule has 0 N–H and O–H groups in total. The maximum absolute atomic E-state index is 5.98. The van der Waals surface area contributed by atoms with Gasteiger partial charge in [-0.3, -0.25) is 0 Å². The second-order valence-electron chi connectivity index (χ2n) is 4.04. The summed E-state index contributed by atoms with van der Waals surface area (Å²) in [7, 11) is 0. The molecule has 0 saturated carbocycles. The van der Waals surface area contributed by atoms with Crippen LogP contribution < -0.4 is 0 Å². The van der Waals surface area contributed by atoms with Gasteiger partial charge in [0.25, 0.3) is 0 Å². The SMILES string of the molecule is CC(Cl)c1nnc(C2CCOCC2C)s1. The average molecular weight is 247 g/mol. The monoisotopic (exact) mass is 246 g/mol. The van der Waals surface area contributed by atoms with Crippen LogP contribution >= 0.6 is 22.9 Å². The first kappa shape index (κ1) is 11.3. The second kappa shape index (κ2) is 4.76. The first-order valence-electron chi connectivity index (χ1n) is 5.23. The molecule has 15 heavy (non-hydrogen) atoms. The van der Waals surface area contributed by atoms with Crippen molar-refractivity contribution in [1.82, 2.24) is 10.2 Å². The molecule has 3 unspecified atom stereocenters. The van der Waals surface area contributed by atoms with E-state index in [-0.39, 0.29) is 5.38 Å². The maximum Gasteiger partial charge on any atom is 0.135 e. The van der Waals surface area contributed by atoms with Crippen LogP contribution in [-0.2, 0) is 4.74 Å². The van der Waals surface area contributed by atoms with Crippen LogP contribution in [-0.4, -0.2) is 23.4 Å². The first-order chi connectivity index (χ1) is 7.18. The van der Waals surface area contributed by atoms with Crippen LogP contribution in [0.5, 0.6) is 0 Å². The molecule has 2 heterocycles. The molecule has 2 rings (SSSR count). The Hall–Kier alpha value is -0.190. The van der Waals surface area contributed by atoms with Gasteiger partial charge in [0.1, 0.15) is 10.0 Å². The van der Waals surface area contributed by atoms with Gasteiger partial charge in [0.15, 0.2) is 0 Å². The summed E-state index contributed by atoms with van der Waals surface area (Å²) in [6.07, 6.45) is 1.05. The van der Waals surface area contributed by atoms with Crippen LogP contribution in [0.3, 0.4) is 0 Å². The zero-order valence-corrected chi connectivity index (χ0v) is 10.5. The quantitative estimate of drug-likeness (QED) is 0.753. The Labute approximate surface area is 98.8 Å². The molecule has 0 spiro atoms. The van der Waals surface area contributed by atoms with Gasteiger partial charge in [0.05, 0.1) is 5.38 Å². The molecule has 1 aromatic heterocycles. The third-order valence-corrected chi connectivity index (χ3v) is 4.33. The van der Waals surface area contributed by atoms with Crippen LogP contribution in [0.25, 0.3) is 0 Å². The summed E-state index contributed by atoms with van der Waals surface area (Å²) in [6.45, 7) is 5.80. The van der Waals surface area contributed by atoms with E-state index in [1.165, 1.54) is 0 Å². The Morgan fingerprint density at radius 3 is 2.93 bits per heavy atom. The number of aromatic nitrogens is 2. The topological polar surface area (TPSA) is 35.0 Å². The molecule has 5 heteroatoms. The normalized spacial score (nSPS) is 29.0. The molecule has 0 aromatic carbocycles. The van der Waals surface area contributed by atoms with Crippen molar-refractivity contribution in [2.45, 2.75) is 31.6 Å². The van der Waals surface area contributed by atoms with Gasteiger partial charge in [-0.25, -0.2) is 0 Å². The standard InChI is InChI=1S/C10H15ClN2OS/c1-6-5-14-4-3-8(6)10-13-12-9(15-10)7(2)11/h6-8H,3-5H2,1-2H3. The van der Waals surface area contributed by atoms with Gasteiger partial charge < -0.3 is 4.74 Å². The molecule has 0 radical (unpaired) electrons. The summed E-state index contributed by atoms with van der Waals surface area (Å²) in [6, 6.07) is 0. The van der Waals surface area contributed by atoms with E-state index in [1.807, 2.05) is 6.92 Å². The van der Waals surface area contributed by atoms with Crippen molar-refractivity contribution in [2.75, 3.05) is 13.2 Å². The summed E-state index contributed by atoms with van der Waals surface area (Å²) in [5, 5.41) is 10.4. The molecular weight excluding hydrogens is 232 g/mol. The van der Waals surface area contributed by atoms with Gasteiger partial charge in [-0.1, -0.05) is 18.3 Å². The van der Waals surface area contributed by atoms with Crippen LogP contribution in [0.4, 0.5) is 0 Å². The highest BCUT2D eigenvalue weighted by molar-refractivity contribution is 7.11. The molecule has 1 aliphatic heterocycles. The predicted molar refractivity (Wildman–Crippen MR) is 61.5 cm³/mol. The molecule has 0 bridgehead atoms. The van der Waals surface area contributed by atoms with Gasteiger partial charge in [-0.2, -0.15) is 0 Å². The second-order valence-corrected chi connectivity index (χ2v) is 5.74. The third kappa shape index (κ3) is 2.49. The van der Waals surface area contributed by atoms with Crippen molar-refractivity contribution in [3.8, 4) is 0 Å². The van der Waals surface area contributed by atoms with Crippen LogP contribution in [0.1, 0.15) is 41.6 Å². The fourth-order valence-electron chi connectivity index (χ4n) is 1.80. The number of hydrogen-bond donors (Lipinski definition) is 0. The number of halogens is 1. The average Bonchev–Trinajstić information content (AvgIpc) is 2.67. The van der Waals surface area contributed by atoms with Crippen molar-refractivity contribution < 1.29 is 4.74 Å². The molecule has 1 saturated heterocycles. The fourth-order valence-corrected chi connectivity index (χ4v) is 3.02. The van der Waals surface area contributed by atoms with Gasteiger partial charge in [-0.15, -0.1) is 21.8 Å². The lowest BCUT2D eigenvalue weighted by molar-refractivity contribution is 0.0471. The minimum absolute atomic E-state index is 0.0357. The van der Waals surface area contributed by atoms with E-state index in [1.54, 1.807) is 11.3 Å². The van der Waals surface area contributed by atoms with Crippen molar-refractivity contribution in [3.05, 3.63) is 10.0 Å².